The summed E-state index contributed by atoms with van der Waals surface area (Å²) in [6.45, 7) is 0. The molecule has 0 radical (unpaired) electrons. The molecule has 86 valence electrons. The SMILES string of the molecule is COc1cccc(-c2cc(Cl)ccc2C=O)c1. The van der Waals surface area contributed by atoms with Crippen LogP contribution in [0, 0.1) is 0 Å². The molecular formula is C14H11ClO2. The van der Waals surface area contributed by atoms with Gasteiger partial charge in [-0.15, -0.1) is 0 Å². The number of hydrogen-bond donors (Lipinski definition) is 0. The molecule has 0 heterocycles. The molecule has 0 N–H and O–H groups in total. The lowest BCUT2D eigenvalue weighted by Gasteiger charge is -2.07. The van der Waals surface area contributed by atoms with Gasteiger partial charge in [0.25, 0.3) is 0 Å². The van der Waals surface area contributed by atoms with Gasteiger partial charge in [-0.2, -0.15) is 0 Å². The number of hydrogen-bond acceptors (Lipinski definition) is 2. The van der Waals surface area contributed by atoms with Crippen molar-refractivity contribution in [2.45, 2.75) is 0 Å². The minimum Gasteiger partial charge on any atom is -0.497 e. The minimum absolute atomic E-state index is 0.605. The van der Waals surface area contributed by atoms with Crippen LogP contribution in [-0.2, 0) is 0 Å². The first kappa shape index (κ1) is 11.7. The van der Waals surface area contributed by atoms with Gasteiger partial charge in [-0.3, -0.25) is 4.79 Å². The molecule has 3 heteroatoms. The van der Waals surface area contributed by atoms with E-state index in [0.29, 0.717) is 10.6 Å². The molecule has 2 rings (SSSR count). The van der Waals surface area contributed by atoms with Crippen LogP contribution in [0.1, 0.15) is 10.4 Å². The second-order valence-electron chi connectivity index (χ2n) is 3.58. The first-order valence-corrected chi connectivity index (χ1v) is 5.51. The fourth-order valence-electron chi connectivity index (χ4n) is 1.67. The van der Waals surface area contributed by atoms with Gasteiger partial charge in [-0.25, -0.2) is 0 Å². The van der Waals surface area contributed by atoms with E-state index in [4.69, 9.17) is 16.3 Å². The molecule has 0 spiro atoms. The average molecular weight is 247 g/mol. The van der Waals surface area contributed by atoms with Crippen molar-refractivity contribution < 1.29 is 9.53 Å². The molecule has 2 aromatic rings. The maximum atomic E-state index is 11.0. The highest BCUT2D eigenvalue weighted by Gasteiger charge is 2.06. The third-order valence-electron chi connectivity index (χ3n) is 2.52. The van der Waals surface area contributed by atoms with E-state index in [2.05, 4.69) is 0 Å². The Morgan fingerprint density at radius 3 is 2.71 bits per heavy atom. The van der Waals surface area contributed by atoms with Crippen molar-refractivity contribution in [2.24, 2.45) is 0 Å². The molecule has 0 aliphatic rings. The molecule has 0 fully saturated rings. The maximum absolute atomic E-state index is 11.0. The molecule has 0 saturated heterocycles. The molecule has 0 amide bonds. The summed E-state index contributed by atoms with van der Waals surface area (Å²) in [5, 5.41) is 0.605. The van der Waals surface area contributed by atoms with Crippen LogP contribution >= 0.6 is 11.6 Å². The summed E-state index contributed by atoms with van der Waals surface area (Å²) < 4.78 is 5.16. The maximum Gasteiger partial charge on any atom is 0.150 e. The zero-order valence-corrected chi connectivity index (χ0v) is 10.1. The fraction of sp³-hybridized carbons (Fsp3) is 0.0714. The summed E-state index contributed by atoms with van der Waals surface area (Å²) in [5.74, 6) is 0.749. The minimum atomic E-state index is 0.605. The number of benzene rings is 2. The third-order valence-corrected chi connectivity index (χ3v) is 2.76. The van der Waals surface area contributed by atoms with Crippen LogP contribution in [0.15, 0.2) is 42.5 Å². The van der Waals surface area contributed by atoms with E-state index in [1.54, 1.807) is 25.3 Å². The number of carbonyl (C=O) groups excluding carboxylic acids is 1. The van der Waals surface area contributed by atoms with Crippen molar-refractivity contribution in [2.75, 3.05) is 7.11 Å². The van der Waals surface area contributed by atoms with Gasteiger partial charge >= 0.3 is 0 Å². The molecule has 0 aliphatic heterocycles. The lowest BCUT2D eigenvalue weighted by Crippen LogP contribution is -1.89. The van der Waals surface area contributed by atoms with Crippen LogP contribution in [0.5, 0.6) is 5.75 Å². The predicted molar refractivity (Wildman–Crippen MR) is 68.8 cm³/mol. The molecule has 0 aliphatic carbocycles. The van der Waals surface area contributed by atoms with E-state index < -0.39 is 0 Å². The highest BCUT2D eigenvalue weighted by atomic mass is 35.5. The summed E-state index contributed by atoms with van der Waals surface area (Å²) in [6, 6.07) is 12.7. The molecule has 2 aromatic carbocycles. The quantitative estimate of drug-likeness (QED) is 0.770. The molecule has 0 unspecified atom stereocenters. The van der Waals surface area contributed by atoms with E-state index in [1.165, 1.54) is 0 Å². The zero-order chi connectivity index (χ0) is 12.3. The van der Waals surface area contributed by atoms with E-state index in [1.807, 2.05) is 24.3 Å². The van der Waals surface area contributed by atoms with Gasteiger partial charge in [0.15, 0.2) is 6.29 Å². The van der Waals surface area contributed by atoms with Gasteiger partial charge in [0.2, 0.25) is 0 Å². The summed E-state index contributed by atoms with van der Waals surface area (Å²) >= 11 is 5.95. The van der Waals surface area contributed by atoms with Crippen LogP contribution in [0.3, 0.4) is 0 Å². The van der Waals surface area contributed by atoms with Gasteiger partial charge in [-0.1, -0.05) is 23.7 Å². The molecule has 0 saturated carbocycles. The summed E-state index contributed by atoms with van der Waals surface area (Å²) in [6.07, 6.45) is 0.825. The second-order valence-corrected chi connectivity index (χ2v) is 4.02. The van der Waals surface area contributed by atoms with Crippen molar-refractivity contribution in [3.05, 3.63) is 53.1 Å². The number of methoxy groups -OCH3 is 1. The Morgan fingerprint density at radius 2 is 2.00 bits per heavy atom. The van der Waals surface area contributed by atoms with E-state index in [9.17, 15) is 4.79 Å². The Bertz CT molecular complexity index is 550. The smallest absolute Gasteiger partial charge is 0.150 e. The van der Waals surface area contributed by atoms with Gasteiger partial charge < -0.3 is 4.74 Å². The Kier molecular flexibility index (Phi) is 3.45. The van der Waals surface area contributed by atoms with E-state index >= 15 is 0 Å². The highest BCUT2D eigenvalue weighted by Crippen LogP contribution is 2.28. The number of ether oxygens (including phenoxy) is 1. The first-order valence-electron chi connectivity index (χ1n) is 5.14. The summed E-state index contributed by atoms with van der Waals surface area (Å²) in [4.78, 5) is 11.0. The van der Waals surface area contributed by atoms with Crippen molar-refractivity contribution in [1.29, 1.82) is 0 Å². The van der Waals surface area contributed by atoms with Gasteiger partial charge in [0.05, 0.1) is 7.11 Å². The lowest BCUT2D eigenvalue weighted by molar-refractivity contribution is 0.112. The molecule has 0 aromatic heterocycles. The van der Waals surface area contributed by atoms with Crippen molar-refractivity contribution in [3.63, 3.8) is 0 Å². The van der Waals surface area contributed by atoms with E-state index in [0.717, 1.165) is 23.2 Å². The molecule has 17 heavy (non-hydrogen) atoms. The number of carbonyl (C=O) groups is 1. The second kappa shape index (κ2) is 5.02. The number of rotatable bonds is 3. The summed E-state index contributed by atoms with van der Waals surface area (Å²) in [5.41, 5.74) is 2.34. The number of halogens is 1. The molecule has 0 bridgehead atoms. The number of aldehydes is 1. The van der Waals surface area contributed by atoms with Crippen LogP contribution in [-0.4, -0.2) is 13.4 Å². The van der Waals surface area contributed by atoms with Gasteiger partial charge in [0.1, 0.15) is 5.75 Å². The van der Waals surface area contributed by atoms with Crippen LogP contribution < -0.4 is 4.74 Å². The zero-order valence-electron chi connectivity index (χ0n) is 9.31. The predicted octanol–water partition coefficient (Wildman–Crippen LogP) is 3.83. The van der Waals surface area contributed by atoms with Crippen LogP contribution in [0.25, 0.3) is 11.1 Å². The Labute approximate surface area is 105 Å². The Balaban J connectivity index is 2.58. The van der Waals surface area contributed by atoms with Crippen molar-refractivity contribution >= 4 is 17.9 Å². The van der Waals surface area contributed by atoms with E-state index in [-0.39, 0.29) is 0 Å². The molecular weight excluding hydrogens is 236 g/mol. The van der Waals surface area contributed by atoms with Gasteiger partial charge in [-0.05, 0) is 41.5 Å². The normalized spacial score (nSPS) is 10.0. The van der Waals surface area contributed by atoms with Crippen molar-refractivity contribution in [1.82, 2.24) is 0 Å². The average Bonchev–Trinajstić information content (AvgIpc) is 2.39. The standard InChI is InChI=1S/C14H11ClO2/c1-17-13-4-2-3-10(7-13)14-8-12(15)6-5-11(14)9-16/h2-9H,1H3. The molecule has 0 atom stereocenters. The highest BCUT2D eigenvalue weighted by molar-refractivity contribution is 6.31. The first-order chi connectivity index (χ1) is 8.24. The van der Waals surface area contributed by atoms with Crippen LogP contribution in [0.4, 0.5) is 0 Å². The lowest BCUT2D eigenvalue weighted by atomic mass is 10.0. The Hall–Kier alpha value is -1.80. The summed E-state index contributed by atoms with van der Waals surface area (Å²) in [7, 11) is 1.61. The van der Waals surface area contributed by atoms with Crippen molar-refractivity contribution in [3.8, 4) is 16.9 Å². The molecule has 2 nitrogen and oxygen atoms in total. The largest absolute Gasteiger partial charge is 0.497 e. The third kappa shape index (κ3) is 2.48. The Morgan fingerprint density at radius 1 is 1.18 bits per heavy atom. The topological polar surface area (TPSA) is 26.3 Å². The monoisotopic (exact) mass is 246 g/mol. The fourth-order valence-corrected chi connectivity index (χ4v) is 1.84. The van der Waals surface area contributed by atoms with Crippen LogP contribution in [0.2, 0.25) is 5.02 Å². The van der Waals surface area contributed by atoms with Gasteiger partial charge in [0, 0.05) is 10.6 Å².